The maximum atomic E-state index is 12.3. The van der Waals surface area contributed by atoms with Crippen LogP contribution in [0.25, 0.3) is 0 Å². The highest BCUT2D eigenvalue weighted by molar-refractivity contribution is 5.82. The molecule has 1 rings (SSSR count). The summed E-state index contributed by atoms with van der Waals surface area (Å²) in [6, 6.07) is 0. The predicted octanol–water partition coefficient (Wildman–Crippen LogP) is 0.801. The SMILES string of the molecule is NCC1(C(=O)NCCCOCCO)CCCCCC1. The van der Waals surface area contributed by atoms with Crippen LogP contribution >= 0.6 is 0 Å². The first-order chi connectivity index (χ1) is 9.25. The first-order valence-electron chi connectivity index (χ1n) is 7.42. The number of nitrogens with two attached hydrogens (primary N) is 1. The number of aliphatic hydroxyl groups excluding tert-OH is 1. The molecule has 1 amide bonds. The molecule has 1 aliphatic carbocycles. The van der Waals surface area contributed by atoms with Crippen molar-refractivity contribution < 1.29 is 14.6 Å². The Morgan fingerprint density at radius 3 is 2.47 bits per heavy atom. The van der Waals surface area contributed by atoms with E-state index < -0.39 is 0 Å². The summed E-state index contributed by atoms with van der Waals surface area (Å²) in [5.74, 6) is 0.110. The minimum Gasteiger partial charge on any atom is -0.394 e. The Morgan fingerprint density at radius 1 is 1.21 bits per heavy atom. The van der Waals surface area contributed by atoms with E-state index in [1.54, 1.807) is 0 Å². The van der Waals surface area contributed by atoms with Gasteiger partial charge in [0.2, 0.25) is 5.91 Å². The van der Waals surface area contributed by atoms with Crippen LogP contribution in [0.5, 0.6) is 0 Å². The van der Waals surface area contributed by atoms with Crippen molar-refractivity contribution in [2.75, 3.05) is 32.9 Å². The second kappa shape index (κ2) is 9.28. The average Bonchev–Trinajstić information content (AvgIpc) is 2.68. The van der Waals surface area contributed by atoms with Gasteiger partial charge in [-0.25, -0.2) is 0 Å². The minimum atomic E-state index is -0.345. The van der Waals surface area contributed by atoms with E-state index in [1.807, 2.05) is 0 Å². The van der Waals surface area contributed by atoms with E-state index in [4.69, 9.17) is 15.6 Å². The molecule has 0 atom stereocenters. The molecule has 0 aromatic carbocycles. The van der Waals surface area contributed by atoms with Gasteiger partial charge in [0.1, 0.15) is 0 Å². The molecule has 1 saturated carbocycles. The maximum Gasteiger partial charge on any atom is 0.227 e. The van der Waals surface area contributed by atoms with Crippen molar-refractivity contribution in [2.24, 2.45) is 11.1 Å². The zero-order valence-electron chi connectivity index (χ0n) is 11.8. The molecular formula is C14H28N2O3. The van der Waals surface area contributed by atoms with Crippen LogP contribution in [0.4, 0.5) is 0 Å². The molecule has 4 N–H and O–H groups in total. The van der Waals surface area contributed by atoms with Crippen LogP contribution in [0, 0.1) is 5.41 Å². The fraction of sp³-hybridized carbons (Fsp3) is 0.929. The lowest BCUT2D eigenvalue weighted by atomic mass is 9.79. The molecule has 0 aliphatic heterocycles. The Bertz CT molecular complexity index is 251. The summed E-state index contributed by atoms with van der Waals surface area (Å²) < 4.78 is 5.16. The molecule has 112 valence electrons. The summed E-state index contributed by atoms with van der Waals surface area (Å²) >= 11 is 0. The number of rotatable bonds is 8. The van der Waals surface area contributed by atoms with Crippen molar-refractivity contribution in [3.8, 4) is 0 Å². The quantitative estimate of drug-likeness (QED) is 0.451. The zero-order chi connectivity index (χ0) is 14.0. The summed E-state index contributed by atoms with van der Waals surface area (Å²) in [5, 5.41) is 11.6. The van der Waals surface area contributed by atoms with E-state index >= 15 is 0 Å². The third kappa shape index (κ3) is 5.47. The number of carbonyl (C=O) groups excluding carboxylic acids is 1. The van der Waals surface area contributed by atoms with Gasteiger partial charge in [0.05, 0.1) is 18.6 Å². The molecule has 0 spiro atoms. The van der Waals surface area contributed by atoms with Crippen LogP contribution in [-0.4, -0.2) is 43.9 Å². The van der Waals surface area contributed by atoms with Gasteiger partial charge in [-0.2, -0.15) is 0 Å². The summed E-state index contributed by atoms with van der Waals surface area (Å²) in [5.41, 5.74) is 5.52. The van der Waals surface area contributed by atoms with Gasteiger partial charge in [0, 0.05) is 19.7 Å². The van der Waals surface area contributed by atoms with Gasteiger partial charge in [0.25, 0.3) is 0 Å². The molecule has 0 heterocycles. The van der Waals surface area contributed by atoms with E-state index in [0.29, 0.717) is 26.3 Å². The van der Waals surface area contributed by atoms with Crippen molar-refractivity contribution in [2.45, 2.75) is 44.9 Å². The number of ether oxygens (including phenoxy) is 1. The first kappa shape index (κ1) is 16.4. The van der Waals surface area contributed by atoms with Gasteiger partial charge in [-0.1, -0.05) is 25.7 Å². The van der Waals surface area contributed by atoms with E-state index in [2.05, 4.69) is 5.32 Å². The highest BCUT2D eigenvalue weighted by atomic mass is 16.5. The van der Waals surface area contributed by atoms with Crippen LogP contribution in [0.15, 0.2) is 0 Å². The van der Waals surface area contributed by atoms with E-state index in [1.165, 1.54) is 12.8 Å². The molecule has 1 aliphatic rings. The van der Waals surface area contributed by atoms with Crippen molar-refractivity contribution >= 4 is 5.91 Å². The molecule has 5 nitrogen and oxygen atoms in total. The zero-order valence-corrected chi connectivity index (χ0v) is 11.8. The van der Waals surface area contributed by atoms with Gasteiger partial charge >= 0.3 is 0 Å². The molecule has 5 heteroatoms. The predicted molar refractivity (Wildman–Crippen MR) is 74.7 cm³/mol. The van der Waals surface area contributed by atoms with E-state index in [9.17, 15) is 4.79 Å². The van der Waals surface area contributed by atoms with Crippen LogP contribution in [0.3, 0.4) is 0 Å². The number of hydrogen-bond donors (Lipinski definition) is 3. The highest BCUT2D eigenvalue weighted by Gasteiger charge is 2.36. The monoisotopic (exact) mass is 272 g/mol. The number of amides is 1. The Kier molecular flexibility index (Phi) is 8.02. The topological polar surface area (TPSA) is 84.6 Å². The molecule has 0 aromatic heterocycles. The number of carbonyl (C=O) groups is 1. The summed E-state index contributed by atoms with van der Waals surface area (Å²) in [7, 11) is 0. The van der Waals surface area contributed by atoms with Gasteiger partial charge in [-0.3, -0.25) is 4.79 Å². The molecule has 0 unspecified atom stereocenters. The standard InChI is InChI=1S/C14H28N2O3/c15-12-14(6-3-1-2-4-7-14)13(18)16-8-5-10-19-11-9-17/h17H,1-12,15H2,(H,16,18). The van der Waals surface area contributed by atoms with Crippen molar-refractivity contribution in [3.05, 3.63) is 0 Å². The maximum absolute atomic E-state index is 12.3. The largest absolute Gasteiger partial charge is 0.394 e. The Hall–Kier alpha value is -0.650. The Labute approximate surface area is 115 Å². The fourth-order valence-electron chi connectivity index (χ4n) is 2.66. The van der Waals surface area contributed by atoms with Crippen molar-refractivity contribution in [1.82, 2.24) is 5.32 Å². The lowest BCUT2D eigenvalue weighted by molar-refractivity contribution is -0.131. The lowest BCUT2D eigenvalue weighted by Crippen LogP contribution is -2.46. The summed E-state index contributed by atoms with van der Waals surface area (Å²) in [6.07, 6.45) is 7.22. The van der Waals surface area contributed by atoms with Crippen LogP contribution in [0.1, 0.15) is 44.9 Å². The highest BCUT2D eigenvalue weighted by Crippen LogP contribution is 2.34. The second-order valence-corrected chi connectivity index (χ2v) is 5.34. The normalized spacial score (nSPS) is 18.8. The number of aliphatic hydroxyl groups is 1. The minimum absolute atomic E-state index is 0.0443. The molecule has 0 saturated heterocycles. The summed E-state index contributed by atoms with van der Waals surface area (Å²) in [4.78, 5) is 12.3. The van der Waals surface area contributed by atoms with Gasteiger partial charge in [0.15, 0.2) is 0 Å². The van der Waals surface area contributed by atoms with Gasteiger partial charge in [-0.15, -0.1) is 0 Å². The second-order valence-electron chi connectivity index (χ2n) is 5.34. The van der Waals surface area contributed by atoms with Crippen LogP contribution < -0.4 is 11.1 Å². The Morgan fingerprint density at radius 2 is 1.89 bits per heavy atom. The summed E-state index contributed by atoms with van der Waals surface area (Å²) in [6.45, 7) is 2.03. The Balaban J connectivity index is 2.28. The van der Waals surface area contributed by atoms with E-state index in [0.717, 1.165) is 32.1 Å². The molecule has 1 fully saturated rings. The lowest BCUT2D eigenvalue weighted by Gasteiger charge is -2.29. The molecule has 19 heavy (non-hydrogen) atoms. The van der Waals surface area contributed by atoms with Crippen LogP contribution in [0.2, 0.25) is 0 Å². The molecule has 0 aromatic rings. The van der Waals surface area contributed by atoms with Gasteiger partial charge in [-0.05, 0) is 19.3 Å². The number of hydrogen-bond acceptors (Lipinski definition) is 4. The number of nitrogens with one attached hydrogen (secondary N) is 1. The third-order valence-electron chi connectivity index (χ3n) is 3.92. The van der Waals surface area contributed by atoms with E-state index in [-0.39, 0.29) is 17.9 Å². The smallest absolute Gasteiger partial charge is 0.227 e. The molecule has 0 radical (unpaired) electrons. The first-order valence-corrected chi connectivity index (χ1v) is 7.42. The van der Waals surface area contributed by atoms with Crippen LogP contribution in [-0.2, 0) is 9.53 Å². The van der Waals surface area contributed by atoms with Crippen molar-refractivity contribution in [1.29, 1.82) is 0 Å². The molecule has 0 bridgehead atoms. The average molecular weight is 272 g/mol. The third-order valence-corrected chi connectivity index (χ3v) is 3.92. The fourth-order valence-corrected chi connectivity index (χ4v) is 2.66. The van der Waals surface area contributed by atoms with Crippen molar-refractivity contribution in [3.63, 3.8) is 0 Å². The van der Waals surface area contributed by atoms with Gasteiger partial charge < -0.3 is 20.9 Å². The molecular weight excluding hydrogens is 244 g/mol.